The van der Waals surface area contributed by atoms with Crippen LogP contribution in [0.3, 0.4) is 0 Å². The number of para-hydroxylation sites is 2. The number of carbonyl (C=O) groups excluding carboxylic acids is 3. The van der Waals surface area contributed by atoms with E-state index in [0.717, 1.165) is 20.7 Å². The molecule has 0 saturated carbocycles. The second-order valence-electron chi connectivity index (χ2n) is 6.67. The average Bonchev–Trinajstić information content (AvgIpc) is 2.86. The summed E-state index contributed by atoms with van der Waals surface area (Å²) in [5, 5.41) is 10.8. The number of hydrogen-bond donors (Lipinski definition) is 1. The van der Waals surface area contributed by atoms with Gasteiger partial charge in [-0.2, -0.15) is 0 Å². The van der Waals surface area contributed by atoms with Gasteiger partial charge in [0.2, 0.25) is 0 Å². The van der Waals surface area contributed by atoms with E-state index in [1.54, 1.807) is 32.0 Å². The summed E-state index contributed by atoms with van der Waals surface area (Å²) in [6.07, 6.45) is 1.74. The van der Waals surface area contributed by atoms with Gasteiger partial charge in [-0.1, -0.05) is 22.4 Å². The molecule has 0 saturated heterocycles. The maximum atomic E-state index is 11.6. The molecule has 0 aliphatic carbocycles. The van der Waals surface area contributed by atoms with E-state index >= 15 is 0 Å². The first-order chi connectivity index (χ1) is 16.9. The summed E-state index contributed by atoms with van der Waals surface area (Å²) in [4.78, 5) is 43.6. The Labute approximate surface area is 226 Å². The standard InChI is InChI=1S/C11H15NO3.C10H18N4O4S3.H2/c1-8(2)14-9-6-4-5-7-10(9)15-11(13)12-3;1-7(19-5)11-17-9(15)13(3)21-14(4)10(16)18-12-8(2)20-6;/h4-8H,1-3H3,(H,12,13);1-6H3;1H/b;11-7+,12-8+;. The van der Waals surface area contributed by atoms with E-state index in [1.165, 1.54) is 44.7 Å². The Morgan fingerprint density at radius 2 is 1.36 bits per heavy atom. The zero-order chi connectivity index (χ0) is 27.7. The van der Waals surface area contributed by atoms with Crippen LogP contribution in [0.4, 0.5) is 14.4 Å². The number of oxime groups is 2. The quantitative estimate of drug-likeness (QED) is 0.148. The van der Waals surface area contributed by atoms with Crippen LogP contribution in [-0.2, 0) is 9.68 Å². The predicted molar refractivity (Wildman–Crippen MR) is 149 cm³/mol. The van der Waals surface area contributed by atoms with Gasteiger partial charge in [0, 0.05) is 22.6 Å². The summed E-state index contributed by atoms with van der Waals surface area (Å²) in [5.74, 6) is 0.988. The van der Waals surface area contributed by atoms with E-state index in [-0.39, 0.29) is 7.53 Å². The number of nitrogens with zero attached hydrogens (tertiary/aromatic N) is 4. The fourth-order valence-electron chi connectivity index (χ4n) is 1.68. The fraction of sp³-hybridized carbons (Fsp3) is 0.476. The molecule has 0 fully saturated rings. The van der Waals surface area contributed by atoms with Crippen molar-refractivity contribution in [2.24, 2.45) is 10.3 Å². The van der Waals surface area contributed by atoms with E-state index in [9.17, 15) is 14.4 Å². The van der Waals surface area contributed by atoms with Crippen molar-refractivity contribution in [3.05, 3.63) is 24.3 Å². The first kappa shape index (κ1) is 33.2. The fourth-order valence-corrected chi connectivity index (χ4v) is 2.47. The van der Waals surface area contributed by atoms with Crippen LogP contribution in [0.5, 0.6) is 11.5 Å². The second kappa shape index (κ2) is 18.5. The third kappa shape index (κ3) is 14.6. The highest BCUT2D eigenvalue weighted by atomic mass is 32.2. The van der Waals surface area contributed by atoms with Crippen molar-refractivity contribution in [1.29, 1.82) is 0 Å². The van der Waals surface area contributed by atoms with Crippen LogP contribution < -0.4 is 14.8 Å². The molecule has 15 heteroatoms. The van der Waals surface area contributed by atoms with E-state index in [1.807, 2.05) is 32.4 Å². The first-order valence-corrected chi connectivity index (χ1v) is 13.5. The molecule has 0 atom stereocenters. The summed E-state index contributed by atoms with van der Waals surface area (Å²) in [6.45, 7) is 7.24. The molecule has 0 aliphatic heterocycles. The molecule has 0 radical (unpaired) electrons. The van der Waals surface area contributed by atoms with Gasteiger partial charge in [0.1, 0.15) is 10.1 Å². The molecule has 0 spiro atoms. The molecule has 0 aromatic heterocycles. The number of rotatable bonds is 7. The highest BCUT2D eigenvalue weighted by molar-refractivity contribution is 8.13. The van der Waals surface area contributed by atoms with Crippen LogP contribution in [0.2, 0.25) is 0 Å². The van der Waals surface area contributed by atoms with Gasteiger partial charge >= 0.3 is 18.3 Å². The SMILES string of the molecule is CNC(=O)Oc1ccccc1OC(C)C.CS/C(C)=N/OC(=O)N(C)SN(C)C(=O)O/N=C(\C)SC.[HH]. The second-order valence-corrected chi connectivity index (χ2v) is 9.93. The Balaban J connectivity index is 0. The molecule has 12 nitrogen and oxygen atoms in total. The number of amides is 3. The van der Waals surface area contributed by atoms with Crippen molar-refractivity contribution >= 4 is 64.0 Å². The molecule has 3 amide bonds. The zero-order valence-electron chi connectivity index (χ0n) is 21.8. The number of thioether (sulfide) groups is 2. The van der Waals surface area contributed by atoms with Crippen molar-refractivity contribution in [1.82, 2.24) is 13.9 Å². The van der Waals surface area contributed by atoms with Crippen LogP contribution in [0, 0.1) is 0 Å². The number of benzene rings is 1. The molecule has 1 N–H and O–H groups in total. The summed E-state index contributed by atoms with van der Waals surface area (Å²) in [6, 6.07) is 7.06. The van der Waals surface area contributed by atoms with Gasteiger partial charge < -0.3 is 14.8 Å². The molecule has 0 aliphatic rings. The Morgan fingerprint density at radius 1 is 0.917 bits per heavy atom. The van der Waals surface area contributed by atoms with Crippen molar-refractivity contribution in [2.45, 2.75) is 33.8 Å². The lowest BCUT2D eigenvalue weighted by Gasteiger charge is -2.19. The minimum absolute atomic E-state index is 0. The predicted octanol–water partition coefficient (Wildman–Crippen LogP) is 5.52. The van der Waals surface area contributed by atoms with Gasteiger partial charge in [0.05, 0.1) is 18.2 Å². The van der Waals surface area contributed by atoms with Gasteiger partial charge in [0.15, 0.2) is 11.5 Å². The van der Waals surface area contributed by atoms with Gasteiger partial charge in [-0.3, -0.25) is 9.68 Å². The molecule has 1 rings (SSSR count). The Kier molecular flexibility index (Phi) is 17.1. The third-order valence-corrected chi connectivity index (χ3v) is 5.59. The van der Waals surface area contributed by atoms with Gasteiger partial charge in [-0.05, 0) is 52.3 Å². The molecule has 36 heavy (non-hydrogen) atoms. The van der Waals surface area contributed by atoms with Crippen molar-refractivity contribution in [3.63, 3.8) is 0 Å². The largest absolute Gasteiger partial charge is 0.487 e. The maximum Gasteiger partial charge on any atom is 0.447 e. The highest BCUT2D eigenvalue weighted by Gasteiger charge is 2.19. The smallest absolute Gasteiger partial charge is 0.447 e. The molecule has 1 aromatic rings. The van der Waals surface area contributed by atoms with Gasteiger partial charge in [0.25, 0.3) is 0 Å². The minimum Gasteiger partial charge on any atom is -0.487 e. The molecule has 0 heterocycles. The summed E-state index contributed by atoms with van der Waals surface area (Å²) >= 11 is 3.51. The molecular formula is C21H35N5O7S3. The van der Waals surface area contributed by atoms with Crippen LogP contribution in [0.1, 0.15) is 29.1 Å². The lowest BCUT2D eigenvalue weighted by molar-refractivity contribution is 0.131. The van der Waals surface area contributed by atoms with Crippen molar-refractivity contribution in [2.75, 3.05) is 33.7 Å². The molecule has 1 aromatic carbocycles. The van der Waals surface area contributed by atoms with Crippen LogP contribution in [0.15, 0.2) is 34.6 Å². The molecule has 0 bridgehead atoms. The summed E-state index contributed by atoms with van der Waals surface area (Å²) in [5.41, 5.74) is 0. The summed E-state index contributed by atoms with van der Waals surface area (Å²) in [7, 11) is 4.39. The third-order valence-electron chi connectivity index (χ3n) is 3.47. The van der Waals surface area contributed by atoms with Crippen LogP contribution in [-0.4, -0.2) is 76.7 Å². The summed E-state index contributed by atoms with van der Waals surface area (Å²) < 4.78 is 12.7. The Bertz CT molecular complexity index is 884. The normalized spacial score (nSPS) is 11.1. The van der Waals surface area contributed by atoms with Gasteiger partial charge in [-0.15, -0.1) is 23.5 Å². The van der Waals surface area contributed by atoms with Crippen molar-refractivity contribution in [3.8, 4) is 11.5 Å². The van der Waals surface area contributed by atoms with E-state index in [0.29, 0.717) is 21.6 Å². The molecule has 0 unspecified atom stereocenters. The van der Waals surface area contributed by atoms with E-state index in [2.05, 4.69) is 25.3 Å². The molecule has 204 valence electrons. The monoisotopic (exact) mass is 565 g/mol. The van der Waals surface area contributed by atoms with E-state index in [4.69, 9.17) is 9.47 Å². The first-order valence-electron chi connectivity index (χ1n) is 10.3. The Morgan fingerprint density at radius 3 is 1.75 bits per heavy atom. The number of carbonyl (C=O) groups is 3. The lowest BCUT2D eigenvalue weighted by atomic mass is 10.3. The number of ether oxygens (including phenoxy) is 2. The average molecular weight is 566 g/mol. The van der Waals surface area contributed by atoms with Gasteiger partial charge in [-0.25, -0.2) is 23.0 Å². The molecular weight excluding hydrogens is 530 g/mol. The zero-order valence-corrected chi connectivity index (χ0v) is 24.2. The van der Waals surface area contributed by atoms with Crippen LogP contribution in [0.25, 0.3) is 0 Å². The number of nitrogens with one attached hydrogen (secondary N) is 1. The lowest BCUT2D eigenvalue weighted by Crippen LogP contribution is -2.28. The van der Waals surface area contributed by atoms with Crippen molar-refractivity contribution < 1.29 is 35.0 Å². The maximum absolute atomic E-state index is 11.6. The highest BCUT2D eigenvalue weighted by Crippen LogP contribution is 2.27. The minimum atomic E-state index is -0.711. The number of hydrogen-bond acceptors (Lipinski definition) is 12. The Hall–Kier alpha value is -2.78. The topological polar surface area (TPSA) is 131 Å². The van der Waals surface area contributed by atoms with E-state index < -0.39 is 18.3 Å². The van der Waals surface area contributed by atoms with Crippen LogP contribution >= 0.6 is 35.7 Å².